The Kier molecular flexibility index (Phi) is 7.37. The molecule has 2 aromatic rings. The maximum absolute atomic E-state index is 13.0. The quantitative estimate of drug-likeness (QED) is 0.291. The lowest BCUT2D eigenvalue weighted by Gasteiger charge is -2.21. The highest BCUT2D eigenvalue weighted by Crippen LogP contribution is 2.18. The zero-order valence-electron chi connectivity index (χ0n) is 17.9. The molecule has 2 aromatic carbocycles. The van der Waals surface area contributed by atoms with Gasteiger partial charge in [-0.1, -0.05) is 51.1 Å². The van der Waals surface area contributed by atoms with Crippen molar-refractivity contribution in [3.63, 3.8) is 0 Å². The minimum absolute atomic E-state index is 0.0929. The summed E-state index contributed by atoms with van der Waals surface area (Å²) in [5.74, 6) is -5.66. The number of rotatable bonds is 7. The van der Waals surface area contributed by atoms with Crippen molar-refractivity contribution in [2.75, 3.05) is 11.4 Å². The van der Waals surface area contributed by atoms with Crippen LogP contribution in [0.4, 0.5) is 5.69 Å². The van der Waals surface area contributed by atoms with Gasteiger partial charge in [-0.15, -0.1) is 0 Å². The van der Waals surface area contributed by atoms with E-state index in [1.165, 1.54) is 45.0 Å². The normalized spacial score (nSPS) is 11.5. The van der Waals surface area contributed by atoms with Crippen LogP contribution in [-0.2, 0) is 19.2 Å². The van der Waals surface area contributed by atoms with Crippen LogP contribution >= 0.6 is 0 Å². The zero-order valence-corrected chi connectivity index (χ0v) is 17.9. The van der Waals surface area contributed by atoms with Crippen molar-refractivity contribution >= 4 is 40.9 Å². The van der Waals surface area contributed by atoms with Crippen molar-refractivity contribution in [2.24, 2.45) is 16.1 Å². The maximum atomic E-state index is 13.0. The third-order valence-electron chi connectivity index (χ3n) is 4.32. The molecule has 0 saturated carbocycles. The number of carbonyl (C=O) groups excluding carboxylic acids is 4. The van der Waals surface area contributed by atoms with Gasteiger partial charge >= 0.3 is 11.9 Å². The van der Waals surface area contributed by atoms with E-state index in [-0.39, 0.29) is 17.0 Å². The summed E-state index contributed by atoms with van der Waals surface area (Å²) in [6, 6.07) is 14.0. The first-order chi connectivity index (χ1) is 14.9. The Morgan fingerprint density at radius 1 is 0.938 bits per heavy atom. The maximum Gasteiger partial charge on any atom is 0.323 e. The molecule has 2 amide bonds. The third kappa shape index (κ3) is 5.94. The molecule has 0 atom stereocenters. The Morgan fingerprint density at radius 3 is 2.09 bits per heavy atom. The van der Waals surface area contributed by atoms with Gasteiger partial charge < -0.3 is 10.8 Å². The minimum Gasteiger partial charge on any atom is -0.480 e. The van der Waals surface area contributed by atoms with E-state index in [0.717, 1.165) is 4.90 Å². The fraction of sp³-hybridized carbons (Fsp3) is 0.217. The Bertz CT molecular complexity index is 1100. The van der Waals surface area contributed by atoms with Gasteiger partial charge in [-0.05, 0) is 24.3 Å². The van der Waals surface area contributed by atoms with Gasteiger partial charge in [-0.3, -0.25) is 28.9 Å². The van der Waals surface area contributed by atoms with Gasteiger partial charge in [0, 0.05) is 22.2 Å². The first-order valence-corrected chi connectivity index (χ1v) is 9.58. The monoisotopic (exact) mass is 437 g/mol. The molecular weight excluding hydrogens is 414 g/mol. The number of amides is 2. The van der Waals surface area contributed by atoms with Gasteiger partial charge in [0.1, 0.15) is 12.4 Å². The number of ketones is 2. The van der Waals surface area contributed by atoms with E-state index in [0.29, 0.717) is 5.69 Å². The summed E-state index contributed by atoms with van der Waals surface area (Å²) < 4.78 is 0. The number of Topliss-reactive ketones (excluding diaryl/α,β-unsaturated/α-hetero) is 2. The molecule has 32 heavy (non-hydrogen) atoms. The van der Waals surface area contributed by atoms with Crippen LogP contribution in [0.2, 0.25) is 0 Å². The number of anilines is 1. The number of carbonyl (C=O) groups is 5. The average molecular weight is 437 g/mol. The van der Waals surface area contributed by atoms with Gasteiger partial charge in [0.2, 0.25) is 5.78 Å². The molecule has 3 N–H and O–H groups in total. The van der Waals surface area contributed by atoms with Crippen LogP contribution in [0.15, 0.2) is 59.6 Å². The number of aliphatic imine (C=N–C) groups is 1. The molecule has 0 saturated heterocycles. The number of hydrogen-bond donors (Lipinski definition) is 2. The summed E-state index contributed by atoms with van der Waals surface area (Å²) in [4.78, 5) is 64.9. The van der Waals surface area contributed by atoms with Crippen molar-refractivity contribution in [2.45, 2.75) is 20.8 Å². The summed E-state index contributed by atoms with van der Waals surface area (Å²) in [6.45, 7) is 3.92. The topological polar surface area (TPSA) is 147 Å². The number of carboxylic acids is 1. The lowest BCUT2D eigenvalue weighted by molar-refractivity contribution is -0.146. The lowest BCUT2D eigenvalue weighted by Crippen LogP contribution is -2.36. The van der Waals surface area contributed by atoms with Gasteiger partial charge in [0.05, 0.1) is 0 Å². The second kappa shape index (κ2) is 9.78. The van der Waals surface area contributed by atoms with Gasteiger partial charge in [0.15, 0.2) is 0 Å². The summed E-state index contributed by atoms with van der Waals surface area (Å²) >= 11 is 0. The van der Waals surface area contributed by atoms with E-state index in [9.17, 15) is 29.1 Å². The predicted molar refractivity (Wildman–Crippen MR) is 117 cm³/mol. The largest absolute Gasteiger partial charge is 0.480 e. The number of amidine groups is 1. The Morgan fingerprint density at radius 2 is 1.53 bits per heavy atom. The number of benzene rings is 2. The minimum atomic E-state index is -1.31. The molecule has 2 rings (SSSR count). The van der Waals surface area contributed by atoms with Crippen molar-refractivity contribution in [3.05, 3.63) is 65.7 Å². The number of nitrogens with two attached hydrogens (primary N) is 1. The number of aliphatic carboxylic acids is 1. The van der Waals surface area contributed by atoms with Crippen molar-refractivity contribution < 1.29 is 29.1 Å². The van der Waals surface area contributed by atoms with Gasteiger partial charge in [-0.25, -0.2) is 0 Å². The first kappa shape index (κ1) is 24.1. The molecule has 9 nitrogen and oxygen atoms in total. The van der Waals surface area contributed by atoms with Crippen LogP contribution in [0.25, 0.3) is 0 Å². The summed E-state index contributed by atoms with van der Waals surface area (Å²) in [5.41, 5.74) is 5.41. The predicted octanol–water partition coefficient (Wildman–Crippen LogP) is 1.83. The molecule has 0 radical (unpaired) electrons. The molecule has 0 bridgehead atoms. The second-order valence-corrected chi connectivity index (χ2v) is 7.91. The van der Waals surface area contributed by atoms with Crippen molar-refractivity contribution in [1.82, 2.24) is 0 Å². The van der Waals surface area contributed by atoms with E-state index in [1.807, 2.05) is 0 Å². The number of nitrogens with zero attached hydrogens (tertiary/aromatic N) is 2. The van der Waals surface area contributed by atoms with Crippen molar-refractivity contribution in [3.8, 4) is 0 Å². The summed E-state index contributed by atoms with van der Waals surface area (Å²) in [5, 5.41) is 9.21. The standard InChI is InChI=1S/C23H23N3O6/c1-23(2,3)19(30)18(29)21(31)25-20(24)14-8-7-9-15(12-14)22(32)26(13-17(27)28)16-10-5-4-6-11-16/h4-12H,13H2,1-3H3,(H,27,28)(H2,24,25,31). The Balaban J connectivity index is 2.34. The van der Waals surface area contributed by atoms with E-state index in [4.69, 9.17) is 5.73 Å². The summed E-state index contributed by atoms with van der Waals surface area (Å²) in [6.07, 6.45) is 0. The molecule has 0 aliphatic rings. The van der Waals surface area contributed by atoms with Gasteiger partial charge in [-0.2, -0.15) is 4.99 Å². The third-order valence-corrected chi connectivity index (χ3v) is 4.32. The SMILES string of the molecule is CC(C)(C)C(=O)C(=O)C(=O)N=C(N)c1cccc(C(=O)N(CC(=O)O)c2ccccc2)c1. The fourth-order valence-electron chi connectivity index (χ4n) is 2.65. The molecular formula is C23H23N3O6. The Labute approximate surface area is 184 Å². The van der Waals surface area contributed by atoms with Crippen LogP contribution in [0, 0.1) is 5.41 Å². The fourth-order valence-corrected chi connectivity index (χ4v) is 2.65. The average Bonchev–Trinajstić information content (AvgIpc) is 2.75. The molecule has 0 aromatic heterocycles. The number of para-hydroxylation sites is 1. The van der Waals surface area contributed by atoms with E-state index in [1.54, 1.807) is 30.3 Å². The van der Waals surface area contributed by atoms with E-state index < -0.39 is 41.3 Å². The summed E-state index contributed by atoms with van der Waals surface area (Å²) in [7, 11) is 0. The molecule has 0 fully saturated rings. The smallest absolute Gasteiger partial charge is 0.323 e. The first-order valence-electron chi connectivity index (χ1n) is 9.58. The highest BCUT2D eigenvalue weighted by Gasteiger charge is 2.32. The molecule has 0 heterocycles. The molecule has 0 aliphatic heterocycles. The molecule has 0 spiro atoms. The zero-order chi connectivity index (χ0) is 24.1. The van der Waals surface area contributed by atoms with E-state index >= 15 is 0 Å². The molecule has 9 heteroatoms. The highest BCUT2D eigenvalue weighted by atomic mass is 16.4. The molecule has 166 valence electrons. The molecule has 0 aliphatic carbocycles. The highest BCUT2D eigenvalue weighted by molar-refractivity contribution is 6.65. The Hall–Kier alpha value is -4.14. The molecule has 0 unspecified atom stereocenters. The number of carboxylic acid groups (broad SMARTS) is 1. The lowest BCUT2D eigenvalue weighted by atomic mass is 9.88. The van der Waals surface area contributed by atoms with Crippen LogP contribution in [-0.4, -0.2) is 46.8 Å². The van der Waals surface area contributed by atoms with Crippen LogP contribution in [0.3, 0.4) is 0 Å². The van der Waals surface area contributed by atoms with Crippen LogP contribution in [0.5, 0.6) is 0 Å². The van der Waals surface area contributed by atoms with Crippen LogP contribution in [0.1, 0.15) is 36.7 Å². The van der Waals surface area contributed by atoms with Crippen molar-refractivity contribution in [1.29, 1.82) is 0 Å². The second-order valence-electron chi connectivity index (χ2n) is 7.91. The van der Waals surface area contributed by atoms with E-state index in [2.05, 4.69) is 4.99 Å². The van der Waals surface area contributed by atoms with Crippen LogP contribution < -0.4 is 10.6 Å². The number of hydrogen-bond acceptors (Lipinski definition) is 5. The van der Waals surface area contributed by atoms with Gasteiger partial charge in [0.25, 0.3) is 11.7 Å².